The lowest BCUT2D eigenvalue weighted by molar-refractivity contribution is -0.237. The first-order valence-electron chi connectivity index (χ1n) is 9.54. The van der Waals surface area contributed by atoms with Crippen LogP contribution in [0, 0.1) is 6.92 Å². The van der Waals surface area contributed by atoms with Gasteiger partial charge in [0.1, 0.15) is 5.82 Å². The Hall–Kier alpha value is -1.90. The minimum Gasteiger partial charge on any atom is -0.378 e. The summed E-state index contributed by atoms with van der Waals surface area (Å²) >= 11 is 0. The molecule has 8 heteroatoms. The molecule has 2 aliphatic rings. The Labute approximate surface area is 162 Å². The van der Waals surface area contributed by atoms with Crippen molar-refractivity contribution >= 4 is 16.7 Å². The van der Waals surface area contributed by atoms with Gasteiger partial charge in [-0.15, -0.1) is 0 Å². The van der Waals surface area contributed by atoms with E-state index in [1.54, 1.807) is 0 Å². The molecule has 0 bridgehead atoms. The van der Waals surface area contributed by atoms with Crippen molar-refractivity contribution in [2.45, 2.75) is 25.7 Å². The Morgan fingerprint density at radius 1 is 1.11 bits per heavy atom. The smallest absolute Gasteiger partial charge is 0.378 e. The molecule has 0 aliphatic carbocycles. The molecule has 5 nitrogen and oxygen atoms in total. The van der Waals surface area contributed by atoms with E-state index in [0.29, 0.717) is 26.3 Å². The number of pyridine rings is 1. The summed E-state index contributed by atoms with van der Waals surface area (Å²) in [6.07, 6.45) is -6.07. The van der Waals surface area contributed by atoms with E-state index in [2.05, 4.69) is 11.0 Å². The number of alkyl halides is 3. The summed E-state index contributed by atoms with van der Waals surface area (Å²) in [4.78, 5) is 8.86. The molecule has 0 spiro atoms. The van der Waals surface area contributed by atoms with Gasteiger partial charge >= 0.3 is 6.18 Å². The number of halogens is 3. The quantitative estimate of drug-likeness (QED) is 0.798. The van der Waals surface area contributed by atoms with Gasteiger partial charge in [0, 0.05) is 43.7 Å². The highest BCUT2D eigenvalue weighted by Crippen LogP contribution is 2.29. The molecule has 28 heavy (non-hydrogen) atoms. The summed E-state index contributed by atoms with van der Waals surface area (Å²) in [6, 6.07) is 8.14. The van der Waals surface area contributed by atoms with Gasteiger partial charge in [-0.25, -0.2) is 4.98 Å². The van der Waals surface area contributed by atoms with Crippen molar-refractivity contribution in [3.63, 3.8) is 0 Å². The summed E-state index contributed by atoms with van der Waals surface area (Å²) in [5.74, 6) is 0.844. The fourth-order valence-corrected chi connectivity index (χ4v) is 3.76. The SMILES string of the molecule is Cc1ccc2cc(CN3CCO[C@H](C(F)(F)F)C3)c(N3CCOCC3)nc2c1. The van der Waals surface area contributed by atoms with Gasteiger partial charge in [-0.3, -0.25) is 4.90 Å². The Morgan fingerprint density at radius 3 is 2.64 bits per heavy atom. The normalized spacial score (nSPS) is 22.0. The summed E-state index contributed by atoms with van der Waals surface area (Å²) in [5.41, 5.74) is 2.98. The molecule has 1 aromatic carbocycles. The first-order valence-corrected chi connectivity index (χ1v) is 9.54. The molecule has 1 atom stereocenters. The molecule has 2 aliphatic heterocycles. The van der Waals surface area contributed by atoms with Gasteiger partial charge in [0.15, 0.2) is 6.10 Å². The van der Waals surface area contributed by atoms with Crippen LogP contribution >= 0.6 is 0 Å². The predicted molar refractivity (Wildman–Crippen MR) is 101 cm³/mol. The zero-order valence-electron chi connectivity index (χ0n) is 15.8. The lowest BCUT2D eigenvalue weighted by atomic mass is 10.1. The number of ether oxygens (including phenoxy) is 2. The van der Waals surface area contributed by atoms with Crippen LogP contribution in [0.2, 0.25) is 0 Å². The van der Waals surface area contributed by atoms with E-state index in [-0.39, 0.29) is 13.2 Å². The van der Waals surface area contributed by atoms with Crippen molar-refractivity contribution in [1.82, 2.24) is 9.88 Å². The Balaban J connectivity index is 1.65. The maximum atomic E-state index is 13.1. The van der Waals surface area contributed by atoms with Gasteiger partial charge in [-0.2, -0.15) is 13.2 Å². The molecule has 1 aromatic heterocycles. The Morgan fingerprint density at radius 2 is 1.89 bits per heavy atom. The average molecular weight is 395 g/mol. The number of fused-ring (bicyclic) bond motifs is 1. The molecule has 0 radical (unpaired) electrons. The molecule has 0 amide bonds. The second kappa shape index (κ2) is 7.85. The standard InChI is InChI=1S/C20H24F3N3O2/c1-14-2-3-15-11-16(12-25-4-9-28-18(13-25)20(21,22)23)19(24-17(15)10-14)26-5-7-27-8-6-26/h2-3,10-11,18H,4-9,12-13H2,1H3/t18-/m0/s1. The molecule has 0 N–H and O–H groups in total. The Bertz CT molecular complexity index is 837. The lowest BCUT2D eigenvalue weighted by Crippen LogP contribution is -2.48. The van der Waals surface area contributed by atoms with Gasteiger partial charge in [-0.05, 0) is 24.6 Å². The molecule has 152 valence electrons. The molecule has 2 fully saturated rings. The van der Waals surface area contributed by atoms with Gasteiger partial charge in [0.25, 0.3) is 0 Å². The summed E-state index contributed by atoms with van der Waals surface area (Å²) in [6.45, 7) is 5.54. The number of anilines is 1. The van der Waals surface area contributed by atoms with Crippen molar-refractivity contribution in [2.75, 3.05) is 50.9 Å². The van der Waals surface area contributed by atoms with Crippen LogP contribution in [0.5, 0.6) is 0 Å². The first-order chi connectivity index (χ1) is 13.4. The van der Waals surface area contributed by atoms with E-state index in [1.807, 2.05) is 30.0 Å². The third-order valence-corrected chi connectivity index (χ3v) is 5.25. The van der Waals surface area contributed by atoms with E-state index >= 15 is 0 Å². The van der Waals surface area contributed by atoms with E-state index < -0.39 is 12.3 Å². The van der Waals surface area contributed by atoms with Crippen molar-refractivity contribution in [2.24, 2.45) is 0 Å². The fourth-order valence-electron chi connectivity index (χ4n) is 3.76. The molecule has 0 saturated carbocycles. The van der Waals surface area contributed by atoms with Crippen LogP contribution < -0.4 is 4.90 Å². The summed E-state index contributed by atoms with van der Waals surface area (Å²) in [7, 11) is 0. The van der Waals surface area contributed by atoms with Gasteiger partial charge in [0.05, 0.1) is 25.3 Å². The van der Waals surface area contributed by atoms with Crippen molar-refractivity contribution in [1.29, 1.82) is 0 Å². The van der Waals surface area contributed by atoms with E-state index in [0.717, 1.165) is 40.9 Å². The number of aromatic nitrogens is 1. The number of benzene rings is 1. The van der Waals surface area contributed by atoms with E-state index in [9.17, 15) is 13.2 Å². The molecule has 0 unspecified atom stereocenters. The minimum absolute atomic E-state index is 0.0806. The molecule has 2 saturated heterocycles. The number of hydrogen-bond acceptors (Lipinski definition) is 5. The van der Waals surface area contributed by atoms with Crippen molar-refractivity contribution in [3.05, 3.63) is 35.4 Å². The van der Waals surface area contributed by atoms with Crippen molar-refractivity contribution in [3.8, 4) is 0 Å². The predicted octanol–water partition coefficient (Wildman–Crippen LogP) is 3.14. The highest BCUT2D eigenvalue weighted by atomic mass is 19.4. The third kappa shape index (κ3) is 4.24. The monoisotopic (exact) mass is 395 g/mol. The van der Waals surface area contributed by atoms with Crippen molar-refractivity contribution < 1.29 is 22.6 Å². The van der Waals surface area contributed by atoms with E-state index in [1.165, 1.54) is 0 Å². The molecular formula is C20H24F3N3O2. The molecule has 3 heterocycles. The van der Waals surface area contributed by atoms with Crippen LogP contribution in [0.3, 0.4) is 0 Å². The van der Waals surface area contributed by atoms with Crippen LogP contribution in [0.4, 0.5) is 19.0 Å². The number of rotatable bonds is 3. The first kappa shape index (κ1) is 19.4. The summed E-state index contributed by atoms with van der Waals surface area (Å²) < 4.78 is 49.6. The van der Waals surface area contributed by atoms with Crippen LogP contribution in [0.1, 0.15) is 11.1 Å². The zero-order chi connectivity index (χ0) is 19.7. The maximum absolute atomic E-state index is 13.1. The lowest BCUT2D eigenvalue weighted by Gasteiger charge is -2.35. The second-order valence-electron chi connectivity index (χ2n) is 7.40. The number of hydrogen-bond donors (Lipinski definition) is 0. The highest BCUT2D eigenvalue weighted by molar-refractivity contribution is 5.82. The second-order valence-corrected chi connectivity index (χ2v) is 7.40. The topological polar surface area (TPSA) is 37.8 Å². The zero-order valence-corrected chi connectivity index (χ0v) is 15.8. The average Bonchev–Trinajstić information content (AvgIpc) is 2.68. The van der Waals surface area contributed by atoms with Crippen LogP contribution in [-0.2, 0) is 16.0 Å². The maximum Gasteiger partial charge on any atom is 0.415 e. The Kier molecular flexibility index (Phi) is 5.44. The number of aryl methyl sites for hydroxylation is 1. The van der Waals surface area contributed by atoms with Gasteiger partial charge in [0.2, 0.25) is 0 Å². The van der Waals surface area contributed by atoms with Gasteiger partial charge < -0.3 is 14.4 Å². The fraction of sp³-hybridized carbons (Fsp3) is 0.550. The van der Waals surface area contributed by atoms with Gasteiger partial charge in [-0.1, -0.05) is 12.1 Å². The molecular weight excluding hydrogens is 371 g/mol. The summed E-state index contributed by atoms with van der Waals surface area (Å²) in [5, 5.41) is 0.998. The van der Waals surface area contributed by atoms with Crippen LogP contribution in [0.15, 0.2) is 24.3 Å². The number of nitrogens with zero attached hydrogens (tertiary/aromatic N) is 3. The minimum atomic E-state index is -4.34. The van der Waals surface area contributed by atoms with Crippen LogP contribution in [-0.4, -0.2) is 68.2 Å². The number of morpholine rings is 2. The largest absolute Gasteiger partial charge is 0.415 e. The molecule has 2 aromatic rings. The highest BCUT2D eigenvalue weighted by Gasteiger charge is 2.43. The van der Waals surface area contributed by atoms with Crippen LogP contribution in [0.25, 0.3) is 10.9 Å². The molecule has 4 rings (SSSR count). The van der Waals surface area contributed by atoms with E-state index in [4.69, 9.17) is 14.5 Å². The third-order valence-electron chi connectivity index (χ3n) is 5.25.